The van der Waals surface area contributed by atoms with Crippen molar-refractivity contribution in [2.45, 2.75) is 31.6 Å². The van der Waals surface area contributed by atoms with Gasteiger partial charge in [-0.2, -0.15) is 5.10 Å². The summed E-state index contributed by atoms with van der Waals surface area (Å²) in [4.78, 5) is 12.3. The highest BCUT2D eigenvalue weighted by atomic mass is 32.2. The number of aryl methyl sites for hydroxylation is 1. The lowest BCUT2D eigenvalue weighted by Gasteiger charge is -2.19. The third-order valence-corrected chi connectivity index (χ3v) is 6.67. The van der Waals surface area contributed by atoms with E-state index in [-0.39, 0.29) is 10.5 Å². The van der Waals surface area contributed by atoms with Crippen LogP contribution < -0.4 is 5.56 Å². The van der Waals surface area contributed by atoms with Crippen molar-refractivity contribution < 1.29 is 8.42 Å². The Bertz CT molecular complexity index is 1140. The molecule has 27 heavy (non-hydrogen) atoms. The second kappa shape index (κ2) is 7.62. The van der Waals surface area contributed by atoms with Crippen molar-refractivity contribution in [1.82, 2.24) is 14.5 Å². The molecule has 7 heteroatoms. The van der Waals surface area contributed by atoms with Gasteiger partial charge in [0.2, 0.25) is 10.0 Å². The topological polar surface area (TPSA) is 83.1 Å². The minimum atomic E-state index is -3.60. The molecule has 3 rings (SSSR count). The van der Waals surface area contributed by atoms with E-state index in [0.29, 0.717) is 34.1 Å². The lowest BCUT2D eigenvalue weighted by molar-refractivity contribution is 0.459. The van der Waals surface area contributed by atoms with E-state index in [1.807, 2.05) is 25.1 Å². The number of benzene rings is 2. The van der Waals surface area contributed by atoms with E-state index in [1.54, 1.807) is 38.2 Å². The molecule has 0 radical (unpaired) electrons. The first-order chi connectivity index (χ1) is 12.9. The molecule has 1 aromatic heterocycles. The van der Waals surface area contributed by atoms with E-state index in [9.17, 15) is 13.2 Å². The summed E-state index contributed by atoms with van der Waals surface area (Å²) < 4.78 is 27.4. The van der Waals surface area contributed by atoms with E-state index in [4.69, 9.17) is 0 Å². The molecule has 6 nitrogen and oxygen atoms in total. The van der Waals surface area contributed by atoms with Crippen LogP contribution in [0.3, 0.4) is 0 Å². The molecule has 0 bridgehead atoms. The van der Waals surface area contributed by atoms with Gasteiger partial charge in [0.05, 0.1) is 16.0 Å². The lowest BCUT2D eigenvalue weighted by Crippen LogP contribution is -2.28. The summed E-state index contributed by atoms with van der Waals surface area (Å²) in [6, 6.07) is 12.4. The first kappa shape index (κ1) is 19.3. The van der Waals surface area contributed by atoms with Gasteiger partial charge in [-0.15, -0.1) is 0 Å². The molecule has 0 amide bonds. The molecule has 0 aliphatic heterocycles. The number of nitrogens with one attached hydrogen (secondary N) is 1. The SMILES string of the molecule is CCCCN(C)S(=O)(=O)c1cc(-c2n[nH]c(=O)c3ccccc23)ccc1C. The van der Waals surface area contributed by atoms with Crippen LogP contribution >= 0.6 is 0 Å². The van der Waals surface area contributed by atoms with Gasteiger partial charge in [0.1, 0.15) is 0 Å². The molecule has 0 spiro atoms. The summed E-state index contributed by atoms with van der Waals surface area (Å²) in [5, 5.41) is 7.89. The van der Waals surface area contributed by atoms with Crippen LogP contribution in [0.1, 0.15) is 25.3 Å². The molecule has 0 saturated carbocycles. The Morgan fingerprint density at radius 3 is 2.52 bits per heavy atom. The Morgan fingerprint density at radius 1 is 1.11 bits per heavy atom. The summed E-state index contributed by atoms with van der Waals surface area (Å²) in [5.41, 5.74) is 1.61. The van der Waals surface area contributed by atoms with Crippen LogP contribution in [0.4, 0.5) is 0 Å². The normalized spacial score (nSPS) is 12.0. The van der Waals surface area contributed by atoms with Crippen molar-refractivity contribution >= 4 is 20.8 Å². The highest BCUT2D eigenvalue weighted by Gasteiger charge is 2.23. The highest BCUT2D eigenvalue weighted by Crippen LogP contribution is 2.29. The molecular formula is C20H23N3O3S. The summed E-state index contributed by atoms with van der Waals surface area (Å²) >= 11 is 0. The zero-order chi connectivity index (χ0) is 19.6. The van der Waals surface area contributed by atoms with Crippen molar-refractivity contribution in [3.05, 3.63) is 58.4 Å². The number of hydrogen-bond acceptors (Lipinski definition) is 4. The molecule has 2 aromatic carbocycles. The second-order valence-corrected chi connectivity index (χ2v) is 8.62. The third-order valence-electron chi connectivity index (χ3n) is 4.67. The van der Waals surface area contributed by atoms with Gasteiger partial charge < -0.3 is 0 Å². The number of hydrogen-bond donors (Lipinski definition) is 1. The van der Waals surface area contributed by atoms with E-state index in [0.717, 1.165) is 12.8 Å². The minimum Gasteiger partial charge on any atom is -0.267 e. The zero-order valence-electron chi connectivity index (χ0n) is 15.7. The summed E-state index contributed by atoms with van der Waals surface area (Å²) in [5.74, 6) is 0. The number of aromatic amines is 1. The standard InChI is InChI=1S/C20H23N3O3S/c1-4-5-12-23(3)27(25,26)18-13-15(11-10-14(18)2)19-16-8-6-7-9-17(16)20(24)22-21-19/h6-11,13H,4-5,12H2,1-3H3,(H,22,24). The van der Waals surface area contributed by atoms with E-state index in [2.05, 4.69) is 10.2 Å². The molecule has 142 valence electrons. The Hall–Kier alpha value is -2.51. The number of unbranched alkanes of at least 4 members (excludes halogenated alkanes) is 1. The number of nitrogens with zero attached hydrogens (tertiary/aromatic N) is 2. The molecule has 1 heterocycles. The van der Waals surface area contributed by atoms with Crippen molar-refractivity contribution in [2.24, 2.45) is 0 Å². The Balaban J connectivity index is 2.15. The van der Waals surface area contributed by atoms with Gasteiger partial charge in [-0.25, -0.2) is 17.8 Å². The molecule has 3 aromatic rings. The van der Waals surface area contributed by atoms with E-state index >= 15 is 0 Å². The van der Waals surface area contributed by atoms with Crippen LogP contribution in [0.2, 0.25) is 0 Å². The highest BCUT2D eigenvalue weighted by molar-refractivity contribution is 7.89. The average Bonchev–Trinajstić information content (AvgIpc) is 2.67. The van der Waals surface area contributed by atoms with Gasteiger partial charge >= 0.3 is 0 Å². The monoisotopic (exact) mass is 385 g/mol. The number of aromatic nitrogens is 2. The minimum absolute atomic E-state index is 0.260. The van der Waals surface area contributed by atoms with Crippen LogP contribution in [-0.2, 0) is 10.0 Å². The molecule has 0 fully saturated rings. The smallest absolute Gasteiger partial charge is 0.267 e. The maximum absolute atomic E-state index is 13.0. The van der Waals surface area contributed by atoms with Crippen molar-refractivity contribution in [3.8, 4) is 11.3 Å². The zero-order valence-corrected chi connectivity index (χ0v) is 16.5. The van der Waals surface area contributed by atoms with Crippen molar-refractivity contribution in [2.75, 3.05) is 13.6 Å². The third kappa shape index (κ3) is 3.65. The largest absolute Gasteiger partial charge is 0.272 e. The maximum atomic E-state index is 13.0. The number of fused-ring (bicyclic) bond motifs is 1. The fraction of sp³-hybridized carbons (Fsp3) is 0.300. The van der Waals surface area contributed by atoms with Crippen LogP contribution in [0, 0.1) is 6.92 Å². The molecule has 0 atom stereocenters. The van der Waals surface area contributed by atoms with Gasteiger partial charge in [-0.3, -0.25) is 4.79 Å². The first-order valence-corrected chi connectivity index (χ1v) is 10.3. The van der Waals surface area contributed by atoms with E-state index in [1.165, 1.54) is 4.31 Å². The molecule has 0 aliphatic rings. The van der Waals surface area contributed by atoms with Crippen LogP contribution in [0.5, 0.6) is 0 Å². The van der Waals surface area contributed by atoms with Crippen LogP contribution in [0.25, 0.3) is 22.0 Å². The second-order valence-electron chi connectivity index (χ2n) is 6.61. The molecule has 0 aliphatic carbocycles. The fourth-order valence-electron chi connectivity index (χ4n) is 3.03. The Labute approximate surface area is 158 Å². The molecule has 0 unspecified atom stereocenters. The Morgan fingerprint density at radius 2 is 1.81 bits per heavy atom. The Kier molecular flexibility index (Phi) is 5.43. The van der Waals surface area contributed by atoms with Gasteiger partial charge in [0, 0.05) is 24.5 Å². The van der Waals surface area contributed by atoms with Gasteiger partial charge in [-0.05, 0) is 31.0 Å². The molecule has 1 N–H and O–H groups in total. The van der Waals surface area contributed by atoms with Crippen LogP contribution in [-0.4, -0.2) is 36.5 Å². The van der Waals surface area contributed by atoms with Crippen LogP contribution in [0.15, 0.2) is 52.2 Å². The number of rotatable bonds is 6. The summed E-state index contributed by atoms with van der Waals surface area (Å²) in [6.45, 7) is 4.28. The summed E-state index contributed by atoms with van der Waals surface area (Å²) in [7, 11) is -2.00. The fourth-order valence-corrected chi connectivity index (χ4v) is 4.48. The number of sulfonamides is 1. The van der Waals surface area contributed by atoms with Crippen molar-refractivity contribution in [1.29, 1.82) is 0 Å². The van der Waals surface area contributed by atoms with E-state index < -0.39 is 10.0 Å². The van der Waals surface area contributed by atoms with Gasteiger partial charge in [0.25, 0.3) is 5.56 Å². The molecular weight excluding hydrogens is 362 g/mol. The van der Waals surface area contributed by atoms with Gasteiger partial charge in [0.15, 0.2) is 0 Å². The quantitative estimate of drug-likeness (QED) is 0.706. The maximum Gasteiger partial charge on any atom is 0.272 e. The average molecular weight is 385 g/mol. The lowest BCUT2D eigenvalue weighted by atomic mass is 10.0. The summed E-state index contributed by atoms with van der Waals surface area (Å²) in [6.07, 6.45) is 1.73. The predicted octanol–water partition coefficient (Wildman–Crippen LogP) is 3.32. The van der Waals surface area contributed by atoms with Crippen molar-refractivity contribution in [3.63, 3.8) is 0 Å². The first-order valence-electron chi connectivity index (χ1n) is 8.91. The molecule has 0 saturated heterocycles. The van der Waals surface area contributed by atoms with Gasteiger partial charge in [-0.1, -0.05) is 43.7 Å². The predicted molar refractivity (Wildman–Crippen MR) is 107 cm³/mol. The number of H-pyrrole nitrogens is 1.